The number of amides is 1. The van der Waals surface area contributed by atoms with E-state index in [0.29, 0.717) is 5.02 Å². The van der Waals surface area contributed by atoms with Crippen molar-refractivity contribution in [3.05, 3.63) is 70.2 Å². The van der Waals surface area contributed by atoms with E-state index in [1.807, 2.05) is 0 Å². The van der Waals surface area contributed by atoms with Crippen LogP contribution in [0.3, 0.4) is 0 Å². The number of hydrogen-bond acceptors (Lipinski definition) is 4. The van der Waals surface area contributed by atoms with E-state index in [-0.39, 0.29) is 17.0 Å². The van der Waals surface area contributed by atoms with Crippen LogP contribution >= 0.6 is 11.6 Å². The third-order valence-corrected chi connectivity index (χ3v) is 6.18. The molecule has 2 aromatic carbocycles. The third kappa shape index (κ3) is 4.34. The summed E-state index contributed by atoms with van der Waals surface area (Å²) in [6, 6.07) is 9.14. The maximum atomic E-state index is 14.1. The van der Waals surface area contributed by atoms with Gasteiger partial charge in [0.25, 0.3) is 5.91 Å². The minimum absolute atomic E-state index is 0.0116. The highest BCUT2D eigenvalue weighted by atomic mass is 35.5. The van der Waals surface area contributed by atoms with E-state index >= 15 is 0 Å². The van der Waals surface area contributed by atoms with Crippen molar-refractivity contribution in [2.75, 3.05) is 0 Å². The molecule has 1 atom stereocenters. The number of oxime groups is 1. The first-order chi connectivity index (χ1) is 13.1. The average Bonchev–Trinajstić information content (AvgIpc) is 2.99. The quantitative estimate of drug-likeness (QED) is 0.740. The lowest BCUT2D eigenvalue weighted by molar-refractivity contribution is 0.0123. The fraction of sp³-hybridized carbons (Fsp3) is 0.211. The van der Waals surface area contributed by atoms with Crippen molar-refractivity contribution in [1.82, 2.24) is 4.72 Å². The summed E-state index contributed by atoms with van der Waals surface area (Å²) in [4.78, 5) is 17.8. The van der Waals surface area contributed by atoms with Crippen LogP contribution in [-0.2, 0) is 14.5 Å². The Kier molecular flexibility index (Phi) is 5.45. The standard InChI is InChI=1S/C19H17ClF2N2O3S/c1-19(2)10-17(23-27-19)28(26,11-14-15(21)4-3-5-16(14)22)24-18(25)12-6-8-13(20)9-7-12/h3-9,11H,10H2,1-2H3,(H,24,25,26). The summed E-state index contributed by atoms with van der Waals surface area (Å²) < 4.78 is 44.3. The number of nitrogens with one attached hydrogen (secondary N) is 1. The molecule has 9 heteroatoms. The minimum atomic E-state index is -3.61. The maximum Gasteiger partial charge on any atom is 0.262 e. The number of halogens is 3. The number of carbonyl (C=O) groups is 1. The third-order valence-electron chi connectivity index (χ3n) is 3.96. The Labute approximate surface area is 166 Å². The van der Waals surface area contributed by atoms with E-state index in [1.54, 1.807) is 13.8 Å². The monoisotopic (exact) mass is 426 g/mol. The lowest BCUT2D eigenvalue weighted by Crippen LogP contribution is -2.38. The fourth-order valence-electron chi connectivity index (χ4n) is 2.51. The van der Waals surface area contributed by atoms with Gasteiger partial charge in [-0.05, 0) is 50.2 Å². The summed E-state index contributed by atoms with van der Waals surface area (Å²) in [5.74, 6) is -2.53. The molecule has 1 aliphatic rings. The van der Waals surface area contributed by atoms with Gasteiger partial charge in [0, 0.05) is 22.4 Å². The predicted molar refractivity (Wildman–Crippen MR) is 106 cm³/mol. The molecule has 0 saturated heterocycles. The second kappa shape index (κ2) is 7.52. The zero-order valence-electron chi connectivity index (χ0n) is 15.0. The maximum absolute atomic E-state index is 14.1. The summed E-state index contributed by atoms with van der Waals surface area (Å²) in [6.45, 7) is 3.43. The lowest BCUT2D eigenvalue weighted by Gasteiger charge is -2.16. The van der Waals surface area contributed by atoms with Gasteiger partial charge in [0.15, 0.2) is 5.04 Å². The van der Waals surface area contributed by atoms with Crippen molar-refractivity contribution in [3.8, 4) is 0 Å². The van der Waals surface area contributed by atoms with Crippen LogP contribution in [0.4, 0.5) is 8.78 Å². The number of hydrogen-bond donors (Lipinski definition) is 1. The molecule has 0 aliphatic carbocycles. The molecular formula is C19H17ClF2N2O3S. The van der Waals surface area contributed by atoms with Crippen LogP contribution in [0.15, 0.2) is 47.6 Å². The topological polar surface area (TPSA) is 67.8 Å². The van der Waals surface area contributed by atoms with Gasteiger partial charge in [0.05, 0.1) is 5.56 Å². The summed E-state index contributed by atoms with van der Waals surface area (Å²) in [5.41, 5.74) is -1.10. The molecule has 3 rings (SSSR count). The molecule has 0 bridgehead atoms. The van der Waals surface area contributed by atoms with E-state index in [1.165, 1.54) is 30.3 Å². The molecule has 1 aliphatic heterocycles. The highest BCUT2D eigenvalue weighted by Crippen LogP contribution is 2.25. The largest absolute Gasteiger partial charge is 0.389 e. The van der Waals surface area contributed by atoms with Crippen LogP contribution in [0.25, 0.3) is 0 Å². The molecule has 28 heavy (non-hydrogen) atoms. The lowest BCUT2D eigenvalue weighted by atomic mass is 10.1. The first-order valence-corrected chi connectivity index (χ1v) is 10.3. The van der Waals surface area contributed by atoms with Crippen LogP contribution < -0.4 is 4.72 Å². The number of nitrogens with zero attached hydrogens (tertiary/aromatic N) is 1. The zero-order chi connectivity index (χ0) is 20.5. The Morgan fingerprint density at radius 2 is 1.82 bits per heavy atom. The summed E-state index contributed by atoms with van der Waals surface area (Å²) >= 11 is 5.81. The molecule has 1 heterocycles. The van der Waals surface area contributed by atoms with Gasteiger partial charge in [-0.15, -0.1) is 0 Å². The van der Waals surface area contributed by atoms with Gasteiger partial charge >= 0.3 is 0 Å². The molecule has 1 unspecified atom stereocenters. The van der Waals surface area contributed by atoms with Crippen LogP contribution in [0.2, 0.25) is 5.02 Å². The minimum Gasteiger partial charge on any atom is -0.389 e. The van der Waals surface area contributed by atoms with Gasteiger partial charge in [-0.2, -0.15) is 0 Å². The second-order valence-electron chi connectivity index (χ2n) is 6.80. The van der Waals surface area contributed by atoms with Crippen LogP contribution in [0, 0.1) is 11.6 Å². The Morgan fingerprint density at radius 3 is 2.36 bits per heavy atom. The van der Waals surface area contributed by atoms with Gasteiger partial charge < -0.3 is 4.84 Å². The van der Waals surface area contributed by atoms with Gasteiger partial charge in [-0.25, -0.2) is 13.0 Å². The molecule has 148 valence electrons. The van der Waals surface area contributed by atoms with Crippen molar-refractivity contribution in [2.45, 2.75) is 25.9 Å². The normalized spacial score (nSPS) is 17.2. The van der Waals surface area contributed by atoms with Gasteiger partial charge in [0.1, 0.15) is 26.9 Å². The molecule has 2 aromatic rings. The zero-order valence-corrected chi connectivity index (χ0v) is 16.6. The Morgan fingerprint density at radius 1 is 1.21 bits per heavy atom. The highest BCUT2D eigenvalue weighted by Gasteiger charge is 2.35. The summed E-state index contributed by atoms with van der Waals surface area (Å²) in [7, 11) is -3.61. The van der Waals surface area contributed by atoms with Crippen LogP contribution in [0.5, 0.6) is 0 Å². The van der Waals surface area contributed by atoms with Crippen molar-refractivity contribution >= 4 is 37.6 Å². The number of rotatable bonds is 2. The smallest absolute Gasteiger partial charge is 0.262 e. The van der Waals surface area contributed by atoms with Gasteiger partial charge in [-0.3, -0.25) is 9.52 Å². The van der Waals surface area contributed by atoms with Crippen molar-refractivity contribution in [2.24, 2.45) is 5.16 Å². The number of benzene rings is 2. The Balaban J connectivity index is 2.08. The van der Waals surface area contributed by atoms with E-state index in [9.17, 15) is 17.8 Å². The molecule has 0 spiro atoms. The fourth-order valence-corrected chi connectivity index (χ4v) is 4.61. The highest BCUT2D eigenvalue weighted by molar-refractivity contribution is 8.14. The predicted octanol–water partition coefficient (Wildman–Crippen LogP) is 3.91. The first-order valence-electron chi connectivity index (χ1n) is 8.25. The van der Waals surface area contributed by atoms with Gasteiger partial charge in [0.2, 0.25) is 0 Å². The molecule has 0 saturated carbocycles. The first kappa shape index (κ1) is 20.3. The molecule has 0 radical (unpaired) electrons. The second-order valence-corrected chi connectivity index (χ2v) is 9.35. The number of carbonyl (C=O) groups excluding carboxylic acids is 1. The SMILES string of the molecule is CC1(C)CC(S(=O)(=Cc2c(F)cccc2F)NC(=O)c2ccc(Cl)cc2)=NO1. The van der Waals surface area contributed by atoms with Crippen molar-refractivity contribution in [3.63, 3.8) is 0 Å². The summed E-state index contributed by atoms with van der Waals surface area (Å²) in [5, 5.41) is 5.07. The molecule has 1 N–H and O–H groups in total. The molecule has 0 aromatic heterocycles. The average molecular weight is 427 g/mol. The van der Waals surface area contributed by atoms with Crippen molar-refractivity contribution < 1.29 is 22.6 Å². The van der Waals surface area contributed by atoms with Crippen molar-refractivity contribution in [1.29, 1.82) is 0 Å². The summed E-state index contributed by atoms with van der Waals surface area (Å²) in [6.07, 6.45) is 0.110. The molecule has 1 amide bonds. The van der Waals surface area contributed by atoms with E-state index < -0.39 is 38.4 Å². The molecule has 0 fully saturated rings. The molecule has 5 nitrogen and oxygen atoms in total. The Bertz CT molecular complexity index is 1050. The van der Waals surface area contributed by atoms with E-state index in [2.05, 4.69) is 9.88 Å². The van der Waals surface area contributed by atoms with E-state index in [4.69, 9.17) is 16.4 Å². The van der Waals surface area contributed by atoms with E-state index in [0.717, 1.165) is 17.5 Å². The van der Waals surface area contributed by atoms with Crippen LogP contribution in [0.1, 0.15) is 36.2 Å². The van der Waals surface area contributed by atoms with Crippen LogP contribution in [-0.4, -0.2) is 26.1 Å². The van der Waals surface area contributed by atoms with Gasteiger partial charge in [-0.1, -0.05) is 22.8 Å². The molecular weight excluding hydrogens is 410 g/mol. The Hall–Kier alpha value is -2.45.